The molecule has 0 saturated carbocycles. The van der Waals surface area contributed by atoms with Gasteiger partial charge in [-0.25, -0.2) is 0 Å². The lowest BCUT2D eigenvalue weighted by atomic mass is 10.0. The van der Waals surface area contributed by atoms with Gasteiger partial charge in [-0.1, -0.05) is 71.8 Å². The highest BCUT2D eigenvalue weighted by Crippen LogP contribution is 2.25. The maximum atomic E-state index is 9.56. The Morgan fingerprint density at radius 3 is 2.38 bits per heavy atom. The molecule has 26 heavy (non-hydrogen) atoms. The average molecular weight is 360 g/mol. The van der Waals surface area contributed by atoms with E-state index in [2.05, 4.69) is 6.07 Å². The molecule has 3 aromatic carbocycles. The van der Waals surface area contributed by atoms with E-state index in [0.717, 1.165) is 28.0 Å². The predicted octanol–water partition coefficient (Wildman–Crippen LogP) is 6.29. The van der Waals surface area contributed by atoms with Gasteiger partial charge in [0.25, 0.3) is 0 Å². The van der Waals surface area contributed by atoms with Crippen LogP contribution >= 0.6 is 11.6 Å². The molecule has 0 N–H and O–H groups in total. The van der Waals surface area contributed by atoms with Crippen molar-refractivity contribution in [3.63, 3.8) is 0 Å². The molecule has 0 spiro atoms. The predicted molar refractivity (Wildman–Crippen MR) is 107 cm³/mol. The summed E-state index contributed by atoms with van der Waals surface area (Å²) in [6.45, 7) is 2.47. The van der Waals surface area contributed by atoms with E-state index >= 15 is 0 Å². The molecule has 0 aliphatic carbocycles. The minimum atomic E-state index is 0.439. The third kappa shape index (κ3) is 4.53. The normalized spacial score (nSPS) is 11.0. The van der Waals surface area contributed by atoms with E-state index in [4.69, 9.17) is 16.3 Å². The number of ether oxygens (including phenoxy) is 1. The van der Waals surface area contributed by atoms with Gasteiger partial charge < -0.3 is 4.74 Å². The number of nitrogens with zero attached hydrogens (tertiary/aromatic N) is 1. The Morgan fingerprint density at radius 1 is 1.00 bits per heavy atom. The highest BCUT2D eigenvalue weighted by atomic mass is 35.5. The number of aryl methyl sites for hydroxylation is 1. The van der Waals surface area contributed by atoms with Gasteiger partial charge in [0.05, 0.1) is 11.6 Å². The topological polar surface area (TPSA) is 33.0 Å². The number of hydrogen-bond donors (Lipinski definition) is 0. The molecule has 0 unspecified atom stereocenters. The van der Waals surface area contributed by atoms with Crippen LogP contribution < -0.4 is 4.74 Å². The molecular formula is C23H18ClNO. The van der Waals surface area contributed by atoms with Crippen LogP contribution in [0, 0.1) is 18.3 Å². The Labute approximate surface area is 158 Å². The molecule has 3 heteroatoms. The summed E-state index contributed by atoms with van der Waals surface area (Å²) in [7, 11) is 0. The van der Waals surface area contributed by atoms with Crippen molar-refractivity contribution in [1.82, 2.24) is 0 Å². The molecule has 0 aliphatic heterocycles. The molecule has 0 amide bonds. The highest BCUT2D eigenvalue weighted by Gasteiger charge is 2.06. The molecule has 0 fully saturated rings. The van der Waals surface area contributed by atoms with E-state index in [9.17, 15) is 5.26 Å². The van der Waals surface area contributed by atoms with E-state index < -0.39 is 0 Å². The van der Waals surface area contributed by atoms with Crippen LogP contribution in [-0.4, -0.2) is 0 Å². The number of allylic oxidation sites excluding steroid dienone is 1. The van der Waals surface area contributed by atoms with Gasteiger partial charge in [-0.2, -0.15) is 5.26 Å². The number of benzene rings is 3. The molecule has 0 radical (unpaired) electrons. The summed E-state index contributed by atoms with van der Waals surface area (Å²) in [5.74, 6) is 0.738. The first-order chi connectivity index (χ1) is 12.7. The van der Waals surface area contributed by atoms with Crippen molar-refractivity contribution in [2.24, 2.45) is 0 Å². The second kappa shape index (κ2) is 8.38. The monoisotopic (exact) mass is 359 g/mol. The molecule has 0 atom stereocenters. The maximum Gasteiger partial charge on any atom is 0.127 e. The van der Waals surface area contributed by atoms with Gasteiger partial charge in [0.2, 0.25) is 0 Å². The maximum absolute atomic E-state index is 9.56. The van der Waals surface area contributed by atoms with Gasteiger partial charge in [-0.15, -0.1) is 0 Å². The minimum Gasteiger partial charge on any atom is -0.488 e. The molecule has 3 rings (SSSR count). The summed E-state index contributed by atoms with van der Waals surface area (Å²) in [6, 6.07) is 25.5. The zero-order valence-electron chi connectivity index (χ0n) is 14.4. The van der Waals surface area contributed by atoms with Crippen LogP contribution in [0.2, 0.25) is 5.02 Å². The molecule has 0 bridgehead atoms. The van der Waals surface area contributed by atoms with E-state index in [-0.39, 0.29) is 0 Å². The number of rotatable bonds is 5. The zero-order valence-corrected chi connectivity index (χ0v) is 15.2. The van der Waals surface area contributed by atoms with E-state index in [1.54, 1.807) is 0 Å². The third-order valence-electron chi connectivity index (χ3n) is 4.01. The minimum absolute atomic E-state index is 0.439. The Morgan fingerprint density at radius 2 is 1.69 bits per heavy atom. The van der Waals surface area contributed by atoms with E-state index in [1.165, 1.54) is 0 Å². The zero-order chi connectivity index (χ0) is 18.4. The van der Waals surface area contributed by atoms with E-state index in [0.29, 0.717) is 17.2 Å². The van der Waals surface area contributed by atoms with Gasteiger partial charge >= 0.3 is 0 Å². The fourth-order valence-corrected chi connectivity index (χ4v) is 2.67. The average Bonchev–Trinajstić information content (AvgIpc) is 2.67. The van der Waals surface area contributed by atoms with Crippen molar-refractivity contribution in [1.29, 1.82) is 5.26 Å². The lowest BCUT2D eigenvalue weighted by Crippen LogP contribution is -1.97. The Balaban J connectivity index is 1.84. The Kier molecular flexibility index (Phi) is 5.73. The highest BCUT2D eigenvalue weighted by molar-refractivity contribution is 6.30. The molecular weight excluding hydrogens is 342 g/mol. The van der Waals surface area contributed by atoms with Gasteiger partial charge in [-0.05, 0) is 42.3 Å². The fraction of sp³-hybridized carbons (Fsp3) is 0.0870. The third-order valence-corrected chi connectivity index (χ3v) is 4.26. The lowest BCUT2D eigenvalue weighted by Gasteiger charge is -2.10. The summed E-state index contributed by atoms with van der Waals surface area (Å²) in [4.78, 5) is 0. The van der Waals surface area contributed by atoms with Crippen LogP contribution in [0.15, 0.2) is 72.8 Å². The fourth-order valence-electron chi connectivity index (χ4n) is 2.54. The van der Waals surface area contributed by atoms with Crippen molar-refractivity contribution in [2.45, 2.75) is 13.5 Å². The number of halogens is 1. The lowest BCUT2D eigenvalue weighted by molar-refractivity contribution is 0.305. The first-order valence-electron chi connectivity index (χ1n) is 8.31. The van der Waals surface area contributed by atoms with Crippen molar-refractivity contribution in [3.05, 3.63) is 100 Å². The molecule has 2 nitrogen and oxygen atoms in total. The van der Waals surface area contributed by atoms with Crippen LogP contribution in [0.5, 0.6) is 5.75 Å². The van der Waals surface area contributed by atoms with Crippen LogP contribution in [0.4, 0.5) is 0 Å². The second-order valence-corrected chi connectivity index (χ2v) is 6.43. The number of nitriles is 1. The van der Waals surface area contributed by atoms with Gasteiger partial charge in [0.15, 0.2) is 0 Å². The second-order valence-electron chi connectivity index (χ2n) is 5.99. The molecule has 0 saturated heterocycles. The van der Waals surface area contributed by atoms with Crippen molar-refractivity contribution in [3.8, 4) is 11.8 Å². The summed E-state index contributed by atoms with van der Waals surface area (Å²) in [5, 5.41) is 10.3. The first-order valence-corrected chi connectivity index (χ1v) is 8.68. The van der Waals surface area contributed by atoms with Gasteiger partial charge in [-0.3, -0.25) is 0 Å². The van der Waals surface area contributed by atoms with Crippen molar-refractivity contribution < 1.29 is 4.74 Å². The first kappa shape index (κ1) is 17.8. The van der Waals surface area contributed by atoms with Crippen molar-refractivity contribution in [2.75, 3.05) is 0 Å². The molecule has 3 aromatic rings. The summed E-state index contributed by atoms with van der Waals surface area (Å²) < 4.78 is 5.97. The SMILES string of the molecule is Cc1ccc(/C(C#N)=C\c2ccccc2OCc2ccc(Cl)cc2)cc1. The number of hydrogen-bond acceptors (Lipinski definition) is 2. The Bertz CT molecular complexity index is 951. The summed E-state index contributed by atoms with van der Waals surface area (Å²) >= 11 is 5.92. The smallest absolute Gasteiger partial charge is 0.127 e. The molecule has 0 heterocycles. The van der Waals surface area contributed by atoms with Crippen LogP contribution in [-0.2, 0) is 6.61 Å². The Hall–Kier alpha value is -3.02. The molecule has 0 aromatic heterocycles. The van der Waals surface area contributed by atoms with Crippen LogP contribution in [0.1, 0.15) is 22.3 Å². The quantitative estimate of drug-likeness (QED) is 0.396. The van der Waals surface area contributed by atoms with Gasteiger partial charge in [0, 0.05) is 10.6 Å². The van der Waals surface area contributed by atoms with Crippen molar-refractivity contribution >= 4 is 23.3 Å². The van der Waals surface area contributed by atoms with Crippen LogP contribution in [0.3, 0.4) is 0 Å². The number of para-hydroxylation sites is 1. The standard InChI is InChI=1S/C23H18ClNO/c1-17-6-10-19(11-7-17)21(15-25)14-20-4-2-3-5-23(20)26-16-18-8-12-22(24)13-9-18/h2-14H,16H2,1H3/b21-14-. The summed E-state index contributed by atoms with van der Waals surface area (Å²) in [6.07, 6.45) is 1.86. The van der Waals surface area contributed by atoms with Gasteiger partial charge in [0.1, 0.15) is 12.4 Å². The van der Waals surface area contributed by atoms with Crippen LogP contribution in [0.25, 0.3) is 11.6 Å². The molecule has 0 aliphatic rings. The van der Waals surface area contributed by atoms with E-state index in [1.807, 2.05) is 85.8 Å². The summed E-state index contributed by atoms with van der Waals surface area (Å²) in [5.41, 5.74) is 4.57. The largest absolute Gasteiger partial charge is 0.488 e. The molecule has 128 valence electrons.